The first kappa shape index (κ1) is 11.3. The summed E-state index contributed by atoms with van der Waals surface area (Å²) in [7, 11) is 0. The van der Waals surface area contributed by atoms with Crippen molar-refractivity contribution in [1.82, 2.24) is 9.97 Å². The maximum Gasteiger partial charge on any atom is 0.238 e. The highest BCUT2D eigenvalue weighted by Crippen LogP contribution is 2.26. The average Bonchev–Trinajstić information content (AvgIpc) is 2.75. The third kappa shape index (κ3) is 3.42. The standard InChI is InChI=1S/C10H7N3O3S/c14-13(15)7-4-8-2-3-9(16-8)17-10-11-5-1-6-12-10/h1-7H/b7-4+. The Morgan fingerprint density at radius 1 is 1.35 bits per heavy atom. The number of aromatic nitrogens is 2. The van der Waals surface area contributed by atoms with Gasteiger partial charge in [0.15, 0.2) is 10.2 Å². The molecular weight excluding hydrogens is 242 g/mol. The van der Waals surface area contributed by atoms with E-state index in [9.17, 15) is 10.1 Å². The van der Waals surface area contributed by atoms with Crippen LogP contribution >= 0.6 is 11.8 Å². The lowest BCUT2D eigenvalue weighted by molar-refractivity contribution is -0.401. The molecule has 0 radical (unpaired) electrons. The highest BCUT2D eigenvalue weighted by atomic mass is 32.2. The van der Waals surface area contributed by atoms with Crippen LogP contribution in [0.4, 0.5) is 0 Å². The molecule has 2 rings (SSSR count). The Hall–Kier alpha value is -2.15. The van der Waals surface area contributed by atoms with Gasteiger partial charge < -0.3 is 4.42 Å². The quantitative estimate of drug-likeness (QED) is 0.470. The van der Waals surface area contributed by atoms with Crippen molar-refractivity contribution in [2.45, 2.75) is 10.2 Å². The molecular formula is C10H7N3O3S. The minimum absolute atomic E-state index is 0.417. The summed E-state index contributed by atoms with van der Waals surface area (Å²) < 4.78 is 5.33. The molecule has 7 heteroatoms. The van der Waals surface area contributed by atoms with Crippen molar-refractivity contribution in [3.63, 3.8) is 0 Å². The fourth-order valence-corrected chi connectivity index (χ4v) is 1.72. The number of hydrogen-bond acceptors (Lipinski definition) is 6. The van der Waals surface area contributed by atoms with E-state index in [1.165, 1.54) is 17.8 Å². The summed E-state index contributed by atoms with van der Waals surface area (Å²) in [6, 6.07) is 5.07. The Labute approximate surface area is 101 Å². The lowest BCUT2D eigenvalue weighted by atomic mass is 10.4. The smallest absolute Gasteiger partial charge is 0.238 e. The van der Waals surface area contributed by atoms with Gasteiger partial charge in [-0.25, -0.2) is 9.97 Å². The largest absolute Gasteiger partial charge is 0.450 e. The number of nitro groups is 1. The van der Waals surface area contributed by atoms with Crippen molar-refractivity contribution in [3.05, 3.63) is 52.7 Å². The van der Waals surface area contributed by atoms with Gasteiger partial charge in [0.25, 0.3) is 0 Å². The van der Waals surface area contributed by atoms with E-state index >= 15 is 0 Å². The summed E-state index contributed by atoms with van der Waals surface area (Å²) in [5.41, 5.74) is 0. The van der Waals surface area contributed by atoms with Crippen molar-refractivity contribution < 1.29 is 9.34 Å². The van der Waals surface area contributed by atoms with Gasteiger partial charge in [0.2, 0.25) is 6.20 Å². The summed E-state index contributed by atoms with van der Waals surface area (Å²) in [6.07, 6.45) is 5.37. The number of nitrogens with zero attached hydrogens (tertiary/aromatic N) is 3. The van der Waals surface area contributed by atoms with Crippen LogP contribution in [0, 0.1) is 10.1 Å². The van der Waals surface area contributed by atoms with E-state index in [1.807, 2.05) is 0 Å². The van der Waals surface area contributed by atoms with E-state index in [0.29, 0.717) is 16.0 Å². The monoisotopic (exact) mass is 249 g/mol. The second-order valence-electron chi connectivity index (χ2n) is 2.89. The molecule has 86 valence electrons. The first-order valence-corrected chi connectivity index (χ1v) is 5.42. The van der Waals surface area contributed by atoms with Gasteiger partial charge >= 0.3 is 0 Å². The van der Waals surface area contributed by atoms with E-state index < -0.39 is 4.92 Å². The van der Waals surface area contributed by atoms with Crippen LogP contribution in [0.15, 0.2) is 51.5 Å². The van der Waals surface area contributed by atoms with Crippen LogP contribution in [0.1, 0.15) is 5.76 Å². The highest BCUT2D eigenvalue weighted by molar-refractivity contribution is 7.99. The molecule has 0 unspecified atom stereocenters. The van der Waals surface area contributed by atoms with Gasteiger partial charge in [0, 0.05) is 12.4 Å². The normalized spacial score (nSPS) is 10.8. The fraction of sp³-hybridized carbons (Fsp3) is 0. The molecule has 0 saturated heterocycles. The van der Waals surface area contributed by atoms with Crippen LogP contribution in [0.3, 0.4) is 0 Å². The van der Waals surface area contributed by atoms with E-state index in [0.717, 1.165) is 6.20 Å². The molecule has 0 fully saturated rings. The van der Waals surface area contributed by atoms with Gasteiger partial charge in [-0.3, -0.25) is 10.1 Å². The van der Waals surface area contributed by atoms with Crippen molar-refractivity contribution in [2.75, 3.05) is 0 Å². The molecule has 0 aromatic carbocycles. The van der Waals surface area contributed by atoms with Crippen LogP contribution in [0.25, 0.3) is 6.08 Å². The van der Waals surface area contributed by atoms with E-state index in [4.69, 9.17) is 4.42 Å². The Morgan fingerprint density at radius 3 is 2.82 bits per heavy atom. The maximum absolute atomic E-state index is 10.1. The van der Waals surface area contributed by atoms with Crippen molar-refractivity contribution in [2.24, 2.45) is 0 Å². The van der Waals surface area contributed by atoms with Crippen LogP contribution in [0.5, 0.6) is 0 Å². The lowest BCUT2D eigenvalue weighted by Crippen LogP contribution is -1.81. The molecule has 0 amide bonds. The molecule has 0 spiro atoms. The molecule has 0 N–H and O–H groups in total. The van der Waals surface area contributed by atoms with Crippen molar-refractivity contribution >= 4 is 17.8 Å². The summed E-state index contributed by atoms with van der Waals surface area (Å²) in [5, 5.41) is 11.3. The summed E-state index contributed by atoms with van der Waals surface area (Å²) in [4.78, 5) is 17.6. The van der Waals surface area contributed by atoms with Gasteiger partial charge in [-0.15, -0.1) is 0 Å². The molecule has 0 aliphatic rings. The zero-order valence-electron chi connectivity index (χ0n) is 8.52. The number of rotatable bonds is 4. The zero-order chi connectivity index (χ0) is 12.1. The van der Waals surface area contributed by atoms with Crippen LogP contribution < -0.4 is 0 Å². The van der Waals surface area contributed by atoms with Gasteiger partial charge in [0.1, 0.15) is 5.76 Å². The van der Waals surface area contributed by atoms with Crippen LogP contribution in [-0.4, -0.2) is 14.9 Å². The Kier molecular flexibility index (Phi) is 3.51. The molecule has 0 aliphatic heterocycles. The number of furan rings is 1. The average molecular weight is 249 g/mol. The molecule has 6 nitrogen and oxygen atoms in total. The fourth-order valence-electron chi connectivity index (χ4n) is 1.04. The lowest BCUT2D eigenvalue weighted by Gasteiger charge is -1.93. The minimum atomic E-state index is -0.546. The maximum atomic E-state index is 10.1. The first-order valence-electron chi connectivity index (χ1n) is 4.60. The van der Waals surface area contributed by atoms with E-state index in [2.05, 4.69) is 9.97 Å². The third-order valence-corrected chi connectivity index (χ3v) is 2.51. The second kappa shape index (κ2) is 5.26. The van der Waals surface area contributed by atoms with Crippen LogP contribution in [0.2, 0.25) is 0 Å². The van der Waals surface area contributed by atoms with Gasteiger partial charge in [0.05, 0.1) is 11.0 Å². The molecule has 0 bridgehead atoms. The molecule has 0 atom stereocenters. The molecule has 2 aromatic rings. The van der Waals surface area contributed by atoms with Gasteiger partial charge in [-0.05, 0) is 30.0 Å². The molecule has 17 heavy (non-hydrogen) atoms. The van der Waals surface area contributed by atoms with Crippen molar-refractivity contribution in [1.29, 1.82) is 0 Å². The molecule has 0 saturated carbocycles. The Bertz CT molecular complexity index is 539. The predicted octanol–water partition coefficient (Wildman–Crippen LogP) is 2.47. The minimum Gasteiger partial charge on any atom is -0.450 e. The van der Waals surface area contributed by atoms with Crippen LogP contribution in [-0.2, 0) is 0 Å². The number of hydrogen-bond donors (Lipinski definition) is 0. The Balaban J connectivity index is 2.06. The molecule has 2 aromatic heterocycles. The first-order chi connectivity index (χ1) is 8.24. The zero-order valence-corrected chi connectivity index (χ0v) is 9.33. The topological polar surface area (TPSA) is 82.1 Å². The molecule has 2 heterocycles. The summed E-state index contributed by atoms with van der Waals surface area (Å²) in [5.74, 6) is 0.417. The van der Waals surface area contributed by atoms with Gasteiger partial charge in [-0.2, -0.15) is 0 Å². The highest BCUT2D eigenvalue weighted by Gasteiger charge is 2.04. The SMILES string of the molecule is O=[N+]([O-])/C=C/c1ccc(Sc2ncccn2)o1. The third-order valence-electron chi connectivity index (χ3n) is 1.70. The van der Waals surface area contributed by atoms with Gasteiger partial charge in [-0.1, -0.05) is 0 Å². The van der Waals surface area contributed by atoms with Crippen molar-refractivity contribution in [3.8, 4) is 0 Å². The predicted molar refractivity (Wildman–Crippen MR) is 60.9 cm³/mol. The second-order valence-corrected chi connectivity index (χ2v) is 3.86. The Morgan fingerprint density at radius 2 is 2.12 bits per heavy atom. The van der Waals surface area contributed by atoms with E-state index in [1.54, 1.807) is 30.6 Å². The van der Waals surface area contributed by atoms with E-state index in [-0.39, 0.29) is 0 Å². The molecule has 0 aliphatic carbocycles. The summed E-state index contributed by atoms with van der Waals surface area (Å²) in [6.45, 7) is 0. The summed E-state index contributed by atoms with van der Waals surface area (Å²) >= 11 is 1.25.